The van der Waals surface area contributed by atoms with Gasteiger partial charge in [-0.1, -0.05) is 37.5 Å². The van der Waals surface area contributed by atoms with Crippen LogP contribution in [0, 0.1) is 0 Å². The van der Waals surface area contributed by atoms with Crippen molar-refractivity contribution in [3.63, 3.8) is 0 Å². The van der Waals surface area contributed by atoms with Gasteiger partial charge in [-0.2, -0.15) is 0 Å². The second-order valence-corrected chi connectivity index (χ2v) is 10.0. The number of carbonyl (C=O) groups excluding carboxylic acids is 1. The third kappa shape index (κ3) is 4.05. The third-order valence-electron chi connectivity index (χ3n) is 5.21. The van der Waals surface area contributed by atoms with Gasteiger partial charge in [-0.15, -0.1) is 11.8 Å². The van der Waals surface area contributed by atoms with Crippen LogP contribution in [0.5, 0.6) is 0 Å². The van der Waals surface area contributed by atoms with E-state index in [9.17, 15) is 9.00 Å². The van der Waals surface area contributed by atoms with E-state index in [1.54, 1.807) is 11.8 Å². The Morgan fingerprint density at radius 3 is 2.46 bits per heavy atom. The normalized spacial score (nSPS) is 21.7. The summed E-state index contributed by atoms with van der Waals surface area (Å²) in [4.78, 5) is 13.9. The highest BCUT2D eigenvalue weighted by Crippen LogP contribution is 2.41. The molecule has 1 aromatic rings. The van der Waals surface area contributed by atoms with Gasteiger partial charge >= 0.3 is 0 Å². The van der Waals surface area contributed by atoms with E-state index in [0.717, 1.165) is 37.9 Å². The molecule has 5 heteroatoms. The molecule has 0 radical (unpaired) electrons. The van der Waals surface area contributed by atoms with Crippen LogP contribution in [0.3, 0.4) is 0 Å². The van der Waals surface area contributed by atoms with Crippen LogP contribution >= 0.6 is 11.8 Å². The number of nitrogens with one attached hydrogen (secondary N) is 1. The molecule has 0 aromatic heterocycles. The maximum Gasteiger partial charge on any atom is 0.238 e. The first-order chi connectivity index (χ1) is 11.7. The number of benzene rings is 1. The number of hydrogen-bond donors (Lipinski definition) is 1. The van der Waals surface area contributed by atoms with Crippen molar-refractivity contribution in [2.45, 2.75) is 66.3 Å². The average molecular weight is 366 g/mol. The van der Waals surface area contributed by atoms with Crippen LogP contribution in [0.4, 0.5) is 0 Å². The molecule has 0 heterocycles. The van der Waals surface area contributed by atoms with Gasteiger partial charge in [0.05, 0.1) is 0 Å². The minimum Gasteiger partial charge on any atom is -0.354 e. The summed E-state index contributed by atoms with van der Waals surface area (Å²) >= 11 is 1.74. The molecule has 2 aliphatic carbocycles. The number of amides is 1. The van der Waals surface area contributed by atoms with Gasteiger partial charge in [-0.3, -0.25) is 9.00 Å². The van der Waals surface area contributed by atoms with E-state index in [1.165, 1.54) is 24.2 Å². The van der Waals surface area contributed by atoms with Crippen LogP contribution in [-0.4, -0.2) is 32.4 Å². The number of hydrogen-bond acceptors (Lipinski definition) is 3. The van der Waals surface area contributed by atoms with Gasteiger partial charge in [0.2, 0.25) is 5.91 Å². The Hall–Kier alpha value is -0.810. The predicted molar refractivity (Wildman–Crippen MR) is 102 cm³/mol. The minimum absolute atomic E-state index is 0.0336. The van der Waals surface area contributed by atoms with Crippen molar-refractivity contribution in [2.24, 2.45) is 0 Å². The van der Waals surface area contributed by atoms with Gasteiger partial charge in [0.1, 0.15) is 4.75 Å². The van der Waals surface area contributed by atoms with Gasteiger partial charge in [0, 0.05) is 33.2 Å². The second kappa shape index (κ2) is 8.52. The summed E-state index contributed by atoms with van der Waals surface area (Å²) in [6.45, 7) is 0.641. The third-order valence-corrected chi connectivity index (χ3v) is 8.67. The lowest BCUT2D eigenvalue weighted by molar-refractivity contribution is -0.125. The van der Waals surface area contributed by atoms with Crippen LogP contribution in [0.1, 0.15) is 51.4 Å². The molecule has 0 spiro atoms. The fourth-order valence-corrected chi connectivity index (χ4v) is 6.76. The van der Waals surface area contributed by atoms with Crippen molar-refractivity contribution < 1.29 is 9.00 Å². The standard InChI is InChI=1S/C19H27NO2S2/c21-18(20-14-15-23-16-8-3-1-4-9-16)19(12-7-13-19)24(22)17-10-5-2-6-11-17/h1,3-4,8-9,17H,2,5-7,10-15H2,(H,20,21). The molecule has 1 atom stereocenters. The summed E-state index contributed by atoms with van der Waals surface area (Å²) in [5.74, 6) is 0.883. The summed E-state index contributed by atoms with van der Waals surface area (Å²) < 4.78 is 12.5. The zero-order chi connectivity index (χ0) is 16.8. The second-order valence-electron chi connectivity index (χ2n) is 6.82. The SMILES string of the molecule is O=C(NCCSc1ccccc1)C1(S(=O)C2CCCCC2)CCC1. The largest absolute Gasteiger partial charge is 0.354 e. The molecule has 1 unspecified atom stereocenters. The lowest BCUT2D eigenvalue weighted by Crippen LogP contribution is -2.57. The molecule has 3 rings (SSSR count). The van der Waals surface area contributed by atoms with Gasteiger partial charge in [-0.25, -0.2) is 0 Å². The van der Waals surface area contributed by atoms with E-state index >= 15 is 0 Å². The molecule has 2 fully saturated rings. The Morgan fingerprint density at radius 2 is 1.83 bits per heavy atom. The molecular weight excluding hydrogens is 338 g/mol. The molecule has 132 valence electrons. The minimum atomic E-state index is -1.01. The lowest BCUT2D eigenvalue weighted by atomic mass is 9.83. The molecule has 2 saturated carbocycles. The maximum absolute atomic E-state index is 13.0. The average Bonchev–Trinajstić information content (AvgIpc) is 2.59. The van der Waals surface area contributed by atoms with Gasteiger partial charge < -0.3 is 5.32 Å². The van der Waals surface area contributed by atoms with E-state index < -0.39 is 15.5 Å². The molecule has 0 bridgehead atoms. The van der Waals surface area contributed by atoms with E-state index in [0.29, 0.717) is 6.54 Å². The van der Waals surface area contributed by atoms with Crippen LogP contribution in [-0.2, 0) is 15.6 Å². The summed E-state index contributed by atoms with van der Waals surface area (Å²) in [5.41, 5.74) is 0. The molecule has 2 aliphatic rings. The molecule has 1 N–H and O–H groups in total. The lowest BCUT2D eigenvalue weighted by Gasteiger charge is -2.42. The first-order valence-corrected chi connectivity index (χ1v) is 11.3. The summed E-state index contributed by atoms with van der Waals surface area (Å²) in [6, 6.07) is 10.2. The molecule has 0 saturated heterocycles. The van der Waals surface area contributed by atoms with Crippen molar-refractivity contribution >= 4 is 28.5 Å². The van der Waals surface area contributed by atoms with Crippen molar-refractivity contribution in [1.29, 1.82) is 0 Å². The number of carbonyl (C=O) groups is 1. The molecule has 0 aliphatic heterocycles. The Labute approximate surface area is 151 Å². The van der Waals surface area contributed by atoms with E-state index in [-0.39, 0.29) is 11.2 Å². The van der Waals surface area contributed by atoms with E-state index in [1.807, 2.05) is 18.2 Å². The van der Waals surface area contributed by atoms with Crippen LogP contribution in [0.2, 0.25) is 0 Å². The first kappa shape index (κ1) is 18.0. The van der Waals surface area contributed by atoms with Crippen LogP contribution in [0.15, 0.2) is 35.2 Å². The highest BCUT2D eigenvalue weighted by Gasteiger charge is 2.51. The molecule has 24 heavy (non-hydrogen) atoms. The summed E-state index contributed by atoms with van der Waals surface area (Å²) in [6.07, 6.45) is 8.29. The van der Waals surface area contributed by atoms with Crippen molar-refractivity contribution in [2.75, 3.05) is 12.3 Å². The topological polar surface area (TPSA) is 46.2 Å². The fraction of sp³-hybridized carbons (Fsp3) is 0.632. The van der Waals surface area contributed by atoms with Crippen LogP contribution < -0.4 is 5.32 Å². The fourth-order valence-electron chi connectivity index (χ4n) is 3.63. The zero-order valence-corrected chi connectivity index (χ0v) is 15.8. The smallest absolute Gasteiger partial charge is 0.238 e. The van der Waals surface area contributed by atoms with E-state index in [2.05, 4.69) is 17.4 Å². The molecule has 3 nitrogen and oxygen atoms in total. The van der Waals surface area contributed by atoms with Crippen molar-refractivity contribution in [3.05, 3.63) is 30.3 Å². The Balaban J connectivity index is 1.49. The molecule has 1 amide bonds. The van der Waals surface area contributed by atoms with E-state index in [4.69, 9.17) is 0 Å². The summed E-state index contributed by atoms with van der Waals surface area (Å²) in [5, 5.41) is 3.30. The predicted octanol–water partition coefficient (Wildman–Crippen LogP) is 3.90. The van der Waals surface area contributed by atoms with Crippen molar-refractivity contribution in [3.8, 4) is 0 Å². The highest BCUT2D eigenvalue weighted by atomic mass is 32.2. The van der Waals surface area contributed by atoms with Gasteiger partial charge in [0.15, 0.2) is 0 Å². The molecular formula is C19H27NO2S2. The first-order valence-electron chi connectivity index (χ1n) is 9.09. The number of rotatable bonds is 7. The van der Waals surface area contributed by atoms with Crippen LogP contribution in [0.25, 0.3) is 0 Å². The zero-order valence-electron chi connectivity index (χ0n) is 14.2. The maximum atomic E-state index is 13.0. The quantitative estimate of drug-likeness (QED) is 0.589. The molecule has 1 aromatic carbocycles. The van der Waals surface area contributed by atoms with Gasteiger partial charge in [-0.05, 0) is 44.2 Å². The van der Waals surface area contributed by atoms with Gasteiger partial charge in [0.25, 0.3) is 0 Å². The highest BCUT2D eigenvalue weighted by molar-refractivity contribution is 7.99. The monoisotopic (exact) mass is 365 g/mol. The van der Waals surface area contributed by atoms with Crippen molar-refractivity contribution in [1.82, 2.24) is 5.32 Å². The number of thioether (sulfide) groups is 1. The Morgan fingerprint density at radius 1 is 1.12 bits per heavy atom. The Bertz CT molecular complexity index is 566. The Kier molecular flexibility index (Phi) is 6.39. The summed E-state index contributed by atoms with van der Waals surface area (Å²) in [7, 11) is -1.01.